The maximum atomic E-state index is 2.42. The minimum atomic E-state index is 1.23. The normalized spacial score (nSPS) is 12.0. The average molecular weight is 587 g/mol. The van der Waals surface area contributed by atoms with Gasteiger partial charge < -0.3 is 0 Å². The van der Waals surface area contributed by atoms with Crippen LogP contribution in [0.2, 0.25) is 0 Å². The monoisotopic (exact) mass is 586 g/mol. The highest BCUT2D eigenvalue weighted by molar-refractivity contribution is 7.25. The number of hydrogen-bond donors (Lipinski definition) is 0. The summed E-state index contributed by atoms with van der Waals surface area (Å²) in [5.41, 5.74) is 5.02. The van der Waals surface area contributed by atoms with Crippen LogP contribution in [0.15, 0.2) is 158 Å². The smallest absolute Gasteiger partial charge is 0.0361 e. The highest BCUT2D eigenvalue weighted by Crippen LogP contribution is 2.45. The van der Waals surface area contributed by atoms with Crippen molar-refractivity contribution < 1.29 is 0 Å². The fraction of sp³-hybridized carbons (Fsp3) is 0. The molecule has 0 amide bonds. The zero-order valence-corrected chi connectivity index (χ0v) is 25.2. The van der Waals surface area contributed by atoms with E-state index in [4.69, 9.17) is 0 Å². The Bertz CT molecular complexity index is 2820. The van der Waals surface area contributed by atoms with E-state index < -0.39 is 0 Å². The van der Waals surface area contributed by atoms with Gasteiger partial charge in [0.05, 0.1) is 0 Å². The fourth-order valence-electron chi connectivity index (χ4n) is 7.68. The molecule has 9 aromatic carbocycles. The molecule has 0 nitrogen and oxygen atoms in total. The van der Waals surface area contributed by atoms with Gasteiger partial charge >= 0.3 is 0 Å². The van der Waals surface area contributed by atoms with Gasteiger partial charge in [0, 0.05) is 20.2 Å². The summed E-state index contributed by atoms with van der Waals surface area (Å²) in [6.07, 6.45) is 0. The fourth-order valence-corrected chi connectivity index (χ4v) is 8.82. The molecule has 0 aliphatic heterocycles. The van der Waals surface area contributed by atoms with E-state index in [9.17, 15) is 0 Å². The standard InChI is InChI=1S/C44H26S/c1-4-16-34-31(13-1)32-14-2-5-17-35(32)44-37-24-23-28(26-39(37)33-15-3-6-18-36(33)43(34)44)27-11-9-12-29(25-27)30-20-10-22-41-42(30)38-19-7-8-21-40(38)45-41/h1-26H. The highest BCUT2D eigenvalue weighted by atomic mass is 32.1. The summed E-state index contributed by atoms with van der Waals surface area (Å²) in [5.74, 6) is 0. The maximum Gasteiger partial charge on any atom is 0.0361 e. The Kier molecular flexibility index (Phi) is 5.25. The molecule has 0 N–H and O–H groups in total. The Labute approximate surface area is 264 Å². The van der Waals surface area contributed by atoms with E-state index in [0.717, 1.165) is 0 Å². The largest absolute Gasteiger partial charge is 0.135 e. The van der Waals surface area contributed by atoms with Crippen LogP contribution in [0.1, 0.15) is 0 Å². The van der Waals surface area contributed by atoms with Gasteiger partial charge in [-0.15, -0.1) is 11.3 Å². The first-order chi connectivity index (χ1) is 22.3. The summed E-state index contributed by atoms with van der Waals surface area (Å²) in [6.45, 7) is 0. The maximum absolute atomic E-state index is 2.42. The molecule has 208 valence electrons. The van der Waals surface area contributed by atoms with E-state index >= 15 is 0 Å². The molecule has 45 heavy (non-hydrogen) atoms. The van der Waals surface area contributed by atoms with Gasteiger partial charge in [-0.25, -0.2) is 0 Å². The van der Waals surface area contributed by atoms with Crippen LogP contribution in [0.3, 0.4) is 0 Å². The molecule has 0 saturated heterocycles. The van der Waals surface area contributed by atoms with Crippen molar-refractivity contribution in [2.75, 3.05) is 0 Å². The van der Waals surface area contributed by atoms with Crippen LogP contribution in [0, 0.1) is 0 Å². The first-order valence-electron chi connectivity index (χ1n) is 15.5. The number of benzene rings is 9. The highest BCUT2D eigenvalue weighted by Gasteiger charge is 2.17. The van der Waals surface area contributed by atoms with Gasteiger partial charge in [0.2, 0.25) is 0 Å². The first kappa shape index (κ1) is 24.9. The van der Waals surface area contributed by atoms with Gasteiger partial charge in [-0.3, -0.25) is 0 Å². The third kappa shape index (κ3) is 3.59. The van der Waals surface area contributed by atoms with Crippen LogP contribution >= 0.6 is 11.3 Å². The van der Waals surface area contributed by atoms with Gasteiger partial charge in [-0.2, -0.15) is 0 Å². The molecule has 0 radical (unpaired) electrons. The zero-order chi connectivity index (χ0) is 29.5. The van der Waals surface area contributed by atoms with Crippen LogP contribution in [-0.2, 0) is 0 Å². The summed E-state index contributed by atoms with van der Waals surface area (Å²) < 4.78 is 2.67. The number of fused-ring (bicyclic) bond motifs is 14. The summed E-state index contributed by atoms with van der Waals surface area (Å²) >= 11 is 1.88. The van der Waals surface area contributed by atoms with E-state index in [1.165, 1.54) is 96.3 Å². The summed E-state index contributed by atoms with van der Waals surface area (Å²) in [5, 5.41) is 15.8. The lowest BCUT2D eigenvalue weighted by Crippen LogP contribution is -1.89. The quantitative estimate of drug-likeness (QED) is 0.177. The molecule has 0 spiro atoms. The topological polar surface area (TPSA) is 0 Å². The van der Waals surface area contributed by atoms with E-state index in [1.807, 2.05) is 11.3 Å². The Morgan fingerprint density at radius 1 is 0.267 bits per heavy atom. The minimum Gasteiger partial charge on any atom is -0.135 e. The summed E-state index contributed by atoms with van der Waals surface area (Å²) in [7, 11) is 0. The molecule has 1 heterocycles. The van der Waals surface area contributed by atoms with Crippen LogP contribution in [0.5, 0.6) is 0 Å². The molecular weight excluding hydrogens is 561 g/mol. The molecule has 10 aromatic rings. The second kappa shape index (κ2) is 9.50. The average Bonchev–Trinajstić information content (AvgIpc) is 3.50. The van der Waals surface area contributed by atoms with E-state index in [1.54, 1.807) is 0 Å². The SMILES string of the molecule is c1cc(-c2ccc3c(c2)c2ccccc2c2c4ccccc4c4ccccc4c32)cc(-c2cccc3sc4ccccc4c23)c1. The lowest BCUT2D eigenvalue weighted by atomic mass is 9.86. The van der Waals surface area contributed by atoms with Crippen molar-refractivity contribution in [3.63, 3.8) is 0 Å². The third-order valence-electron chi connectivity index (χ3n) is 9.62. The van der Waals surface area contributed by atoms with Crippen molar-refractivity contribution in [2.45, 2.75) is 0 Å². The Hall–Kier alpha value is -5.50. The molecule has 1 heteroatoms. The van der Waals surface area contributed by atoms with Gasteiger partial charge in [0.15, 0.2) is 0 Å². The Morgan fingerprint density at radius 3 is 1.44 bits per heavy atom. The predicted octanol–water partition coefficient (Wildman–Crippen LogP) is 13.2. The molecule has 0 aliphatic carbocycles. The van der Waals surface area contributed by atoms with E-state index in [0.29, 0.717) is 0 Å². The molecule has 0 saturated carbocycles. The Balaban J connectivity index is 1.26. The predicted molar refractivity (Wildman–Crippen MR) is 198 cm³/mol. The van der Waals surface area contributed by atoms with Gasteiger partial charge in [-0.1, -0.05) is 133 Å². The minimum absolute atomic E-state index is 1.23. The second-order valence-electron chi connectivity index (χ2n) is 12.0. The summed E-state index contributed by atoms with van der Waals surface area (Å²) in [4.78, 5) is 0. The third-order valence-corrected chi connectivity index (χ3v) is 10.8. The van der Waals surface area contributed by atoms with Crippen molar-refractivity contribution in [1.82, 2.24) is 0 Å². The molecule has 0 atom stereocenters. The van der Waals surface area contributed by atoms with Crippen molar-refractivity contribution in [1.29, 1.82) is 0 Å². The van der Waals surface area contributed by atoms with Crippen molar-refractivity contribution in [2.24, 2.45) is 0 Å². The zero-order valence-electron chi connectivity index (χ0n) is 24.4. The van der Waals surface area contributed by atoms with E-state index in [2.05, 4.69) is 158 Å². The van der Waals surface area contributed by atoms with Crippen LogP contribution in [0.25, 0.3) is 96.3 Å². The first-order valence-corrected chi connectivity index (χ1v) is 16.3. The lowest BCUT2D eigenvalue weighted by Gasteiger charge is -2.17. The molecule has 0 aliphatic rings. The van der Waals surface area contributed by atoms with Crippen molar-refractivity contribution in [3.05, 3.63) is 158 Å². The van der Waals surface area contributed by atoms with Crippen molar-refractivity contribution >= 4 is 85.4 Å². The molecule has 0 fully saturated rings. The van der Waals surface area contributed by atoms with Crippen LogP contribution < -0.4 is 0 Å². The molecule has 1 aromatic heterocycles. The Morgan fingerprint density at radius 2 is 0.756 bits per heavy atom. The summed E-state index contributed by atoms with van der Waals surface area (Å²) in [6, 6.07) is 58.4. The number of rotatable bonds is 2. The van der Waals surface area contributed by atoms with Crippen LogP contribution in [0.4, 0.5) is 0 Å². The molecule has 0 unspecified atom stereocenters. The lowest BCUT2D eigenvalue weighted by molar-refractivity contribution is 1.63. The number of hydrogen-bond acceptors (Lipinski definition) is 1. The number of thiophene rings is 1. The van der Waals surface area contributed by atoms with Gasteiger partial charge in [-0.05, 0) is 100 Å². The van der Waals surface area contributed by atoms with Crippen molar-refractivity contribution in [3.8, 4) is 22.3 Å². The van der Waals surface area contributed by atoms with E-state index in [-0.39, 0.29) is 0 Å². The second-order valence-corrected chi connectivity index (χ2v) is 13.1. The van der Waals surface area contributed by atoms with Gasteiger partial charge in [0.1, 0.15) is 0 Å². The molecular formula is C44H26S. The molecule has 0 bridgehead atoms. The van der Waals surface area contributed by atoms with Crippen LogP contribution in [-0.4, -0.2) is 0 Å². The van der Waals surface area contributed by atoms with Gasteiger partial charge in [0.25, 0.3) is 0 Å². The molecule has 10 rings (SSSR count).